The van der Waals surface area contributed by atoms with E-state index in [2.05, 4.69) is 4.98 Å². The molecule has 2 aromatic rings. The fourth-order valence-corrected chi connectivity index (χ4v) is 1.89. The van der Waals surface area contributed by atoms with Gasteiger partial charge in [-0.05, 0) is 12.1 Å². The Kier molecular flexibility index (Phi) is 4.13. The van der Waals surface area contributed by atoms with Crippen LogP contribution in [0.2, 0.25) is 0 Å². The standard InChI is InChI=1S/C15H15NO3/c1-19-15-12(6-4-8-16-15)10-13(17)9-11-5-2-3-7-14(11)18/h2-8,18H,9-10H2,1H3. The molecule has 4 nitrogen and oxygen atoms in total. The number of Topliss-reactive ketones (excluding diaryl/α,β-unsaturated/α-hetero) is 1. The second kappa shape index (κ2) is 6.00. The van der Waals surface area contributed by atoms with Crippen LogP contribution < -0.4 is 4.74 Å². The molecule has 1 aromatic carbocycles. The highest BCUT2D eigenvalue weighted by molar-refractivity contribution is 5.84. The van der Waals surface area contributed by atoms with Crippen LogP contribution in [0.5, 0.6) is 11.6 Å². The summed E-state index contributed by atoms with van der Waals surface area (Å²) in [6.45, 7) is 0. The second-order valence-electron chi connectivity index (χ2n) is 4.19. The minimum Gasteiger partial charge on any atom is -0.508 e. The molecule has 1 N–H and O–H groups in total. The molecular formula is C15H15NO3. The number of aromatic nitrogens is 1. The van der Waals surface area contributed by atoms with Gasteiger partial charge in [-0.25, -0.2) is 4.98 Å². The SMILES string of the molecule is COc1ncccc1CC(=O)Cc1ccccc1O. The number of phenols is 1. The van der Waals surface area contributed by atoms with Crippen molar-refractivity contribution < 1.29 is 14.6 Å². The van der Waals surface area contributed by atoms with Crippen molar-refractivity contribution in [1.29, 1.82) is 0 Å². The Morgan fingerprint density at radius 3 is 2.58 bits per heavy atom. The number of phenolic OH excluding ortho intramolecular Hbond substituents is 1. The molecule has 0 radical (unpaired) electrons. The van der Waals surface area contributed by atoms with Gasteiger partial charge in [-0.3, -0.25) is 4.79 Å². The second-order valence-corrected chi connectivity index (χ2v) is 4.19. The van der Waals surface area contributed by atoms with Gasteiger partial charge in [-0.2, -0.15) is 0 Å². The zero-order chi connectivity index (χ0) is 13.7. The van der Waals surface area contributed by atoms with E-state index in [0.29, 0.717) is 11.4 Å². The minimum atomic E-state index is 0.00722. The molecule has 0 aliphatic rings. The number of ether oxygens (including phenoxy) is 1. The predicted molar refractivity (Wildman–Crippen MR) is 71.3 cm³/mol. The number of ketones is 1. The monoisotopic (exact) mass is 257 g/mol. The first-order valence-electron chi connectivity index (χ1n) is 5.97. The van der Waals surface area contributed by atoms with Crippen molar-refractivity contribution in [3.63, 3.8) is 0 Å². The van der Waals surface area contributed by atoms with Gasteiger partial charge in [0.1, 0.15) is 11.5 Å². The first-order chi connectivity index (χ1) is 9.20. The zero-order valence-electron chi connectivity index (χ0n) is 10.7. The van der Waals surface area contributed by atoms with Crippen LogP contribution in [-0.2, 0) is 17.6 Å². The maximum atomic E-state index is 12.0. The first kappa shape index (κ1) is 13.1. The largest absolute Gasteiger partial charge is 0.508 e. The zero-order valence-corrected chi connectivity index (χ0v) is 10.7. The Labute approximate surface area is 111 Å². The Hall–Kier alpha value is -2.36. The predicted octanol–water partition coefficient (Wildman–Crippen LogP) is 2.15. The minimum absolute atomic E-state index is 0.00722. The Morgan fingerprint density at radius 2 is 1.84 bits per heavy atom. The third kappa shape index (κ3) is 3.31. The fraction of sp³-hybridized carbons (Fsp3) is 0.200. The lowest BCUT2D eigenvalue weighted by Gasteiger charge is -2.07. The molecule has 0 aliphatic carbocycles. The molecular weight excluding hydrogens is 242 g/mol. The van der Waals surface area contributed by atoms with Gasteiger partial charge >= 0.3 is 0 Å². The number of hydrogen-bond donors (Lipinski definition) is 1. The van der Waals surface area contributed by atoms with E-state index in [0.717, 1.165) is 5.56 Å². The molecule has 4 heteroatoms. The molecule has 1 aromatic heterocycles. The smallest absolute Gasteiger partial charge is 0.216 e. The van der Waals surface area contributed by atoms with Crippen LogP contribution in [0, 0.1) is 0 Å². The molecule has 0 saturated heterocycles. The van der Waals surface area contributed by atoms with Crippen molar-refractivity contribution >= 4 is 5.78 Å². The molecule has 0 fully saturated rings. The molecule has 0 saturated carbocycles. The Balaban J connectivity index is 2.08. The molecule has 0 atom stereocenters. The third-order valence-electron chi connectivity index (χ3n) is 2.81. The van der Waals surface area contributed by atoms with Crippen LogP contribution in [0.3, 0.4) is 0 Å². The number of carbonyl (C=O) groups excluding carboxylic acids is 1. The van der Waals surface area contributed by atoms with Gasteiger partial charge in [0.2, 0.25) is 5.88 Å². The van der Waals surface area contributed by atoms with Crippen LogP contribution in [-0.4, -0.2) is 23.0 Å². The van der Waals surface area contributed by atoms with Crippen LogP contribution in [0.1, 0.15) is 11.1 Å². The molecule has 0 bridgehead atoms. The van der Waals surface area contributed by atoms with Crippen molar-refractivity contribution in [3.05, 3.63) is 53.7 Å². The summed E-state index contributed by atoms with van der Waals surface area (Å²) in [6, 6.07) is 10.4. The van der Waals surface area contributed by atoms with E-state index in [-0.39, 0.29) is 24.4 Å². The normalized spacial score (nSPS) is 10.2. The number of methoxy groups -OCH3 is 1. The highest BCUT2D eigenvalue weighted by Crippen LogP contribution is 2.19. The van der Waals surface area contributed by atoms with Crippen molar-refractivity contribution in [3.8, 4) is 11.6 Å². The summed E-state index contributed by atoms with van der Waals surface area (Å²) in [7, 11) is 1.53. The Morgan fingerprint density at radius 1 is 1.16 bits per heavy atom. The van der Waals surface area contributed by atoms with Gasteiger partial charge in [-0.1, -0.05) is 24.3 Å². The van der Waals surface area contributed by atoms with Gasteiger partial charge in [-0.15, -0.1) is 0 Å². The van der Waals surface area contributed by atoms with Gasteiger partial charge < -0.3 is 9.84 Å². The summed E-state index contributed by atoms with van der Waals surface area (Å²) < 4.78 is 5.11. The van der Waals surface area contributed by atoms with Crippen LogP contribution in [0.4, 0.5) is 0 Å². The summed E-state index contributed by atoms with van der Waals surface area (Å²) in [5.41, 5.74) is 1.39. The number of para-hydroxylation sites is 1. The van der Waals surface area contributed by atoms with Crippen molar-refractivity contribution in [2.45, 2.75) is 12.8 Å². The van der Waals surface area contributed by atoms with Gasteiger partial charge in [0.25, 0.3) is 0 Å². The number of rotatable bonds is 5. The lowest BCUT2D eigenvalue weighted by molar-refractivity contribution is -0.117. The van der Waals surface area contributed by atoms with Crippen LogP contribution in [0.25, 0.3) is 0 Å². The quantitative estimate of drug-likeness (QED) is 0.891. The molecule has 0 spiro atoms. The number of pyridine rings is 1. The van der Waals surface area contributed by atoms with E-state index in [1.54, 1.807) is 36.5 Å². The lowest BCUT2D eigenvalue weighted by atomic mass is 10.0. The topological polar surface area (TPSA) is 59.4 Å². The number of benzene rings is 1. The number of hydrogen-bond acceptors (Lipinski definition) is 4. The Bertz CT molecular complexity index is 581. The summed E-state index contributed by atoms with van der Waals surface area (Å²) >= 11 is 0. The van der Waals surface area contributed by atoms with Crippen molar-refractivity contribution in [2.75, 3.05) is 7.11 Å². The molecule has 0 amide bonds. The third-order valence-corrected chi connectivity index (χ3v) is 2.81. The molecule has 0 aliphatic heterocycles. The van der Waals surface area contributed by atoms with Crippen LogP contribution >= 0.6 is 0 Å². The van der Waals surface area contributed by atoms with Gasteiger partial charge in [0, 0.05) is 30.2 Å². The van der Waals surface area contributed by atoms with Crippen molar-refractivity contribution in [2.24, 2.45) is 0 Å². The maximum absolute atomic E-state index is 12.0. The highest BCUT2D eigenvalue weighted by Gasteiger charge is 2.11. The molecule has 0 unspecified atom stereocenters. The van der Waals surface area contributed by atoms with E-state index in [1.165, 1.54) is 7.11 Å². The maximum Gasteiger partial charge on any atom is 0.216 e. The highest BCUT2D eigenvalue weighted by atomic mass is 16.5. The fourth-order valence-electron chi connectivity index (χ4n) is 1.89. The average molecular weight is 257 g/mol. The summed E-state index contributed by atoms with van der Waals surface area (Å²) in [5, 5.41) is 9.64. The van der Waals surface area contributed by atoms with Crippen LogP contribution in [0.15, 0.2) is 42.6 Å². The van der Waals surface area contributed by atoms with E-state index < -0.39 is 0 Å². The molecule has 2 rings (SSSR count). The van der Waals surface area contributed by atoms with Gasteiger partial charge in [0.15, 0.2) is 0 Å². The number of carbonyl (C=O) groups is 1. The lowest BCUT2D eigenvalue weighted by Crippen LogP contribution is -2.08. The van der Waals surface area contributed by atoms with E-state index in [9.17, 15) is 9.90 Å². The molecule has 98 valence electrons. The summed E-state index contributed by atoms with van der Waals surface area (Å²) in [5.74, 6) is 0.620. The summed E-state index contributed by atoms with van der Waals surface area (Å²) in [6.07, 6.45) is 2.06. The number of aromatic hydroxyl groups is 1. The van der Waals surface area contributed by atoms with E-state index in [4.69, 9.17) is 4.74 Å². The number of nitrogens with zero attached hydrogens (tertiary/aromatic N) is 1. The van der Waals surface area contributed by atoms with E-state index >= 15 is 0 Å². The summed E-state index contributed by atoms with van der Waals surface area (Å²) in [4.78, 5) is 16.1. The van der Waals surface area contributed by atoms with Gasteiger partial charge in [0.05, 0.1) is 7.11 Å². The molecule has 1 heterocycles. The van der Waals surface area contributed by atoms with Crippen molar-refractivity contribution in [1.82, 2.24) is 4.98 Å². The average Bonchev–Trinajstić information content (AvgIpc) is 2.42. The first-order valence-corrected chi connectivity index (χ1v) is 5.97. The molecule has 19 heavy (non-hydrogen) atoms. The van der Waals surface area contributed by atoms with E-state index in [1.807, 2.05) is 6.07 Å².